The second kappa shape index (κ2) is 9.32. The summed E-state index contributed by atoms with van der Waals surface area (Å²) >= 11 is 13.5. The smallest absolute Gasteiger partial charge is 0.232 e. The molecule has 0 aliphatic heterocycles. The molecule has 0 fully saturated rings. The number of rotatable bonds is 7. The first kappa shape index (κ1) is 20.5. The highest BCUT2D eigenvalue weighted by atomic mass is 35.5. The van der Waals surface area contributed by atoms with Crippen LogP contribution in [0.3, 0.4) is 0 Å². The SMILES string of the molecule is COc1cccc(NC(=O)Cc2nnc(SCc3ccc(Cl)c(Cl)c3)n2C)c1. The molecule has 9 heteroatoms. The lowest BCUT2D eigenvalue weighted by Crippen LogP contribution is -2.17. The maximum absolute atomic E-state index is 12.3. The molecule has 1 N–H and O–H groups in total. The van der Waals surface area contributed by atoms with Gasteiger partial charge in [0.2, 0.25) is 5.91 Å². The fourth-order valence-corrected chi connectivity index (χ4v) is 3.65. The quantitative estimate of drug-likeness (QED) is 0.547. The summed E-state index contributed by atoms with van der Waals surface area (Å²) < 4.78 is 6.97. The van der Waals surface area contributed by atoms with E-state index in [1.54, 1.807) is 25.3 Å². The Morgan fingerprint density at radius 1 is 1.18 bits per heavy atom. The highest BCUT2D eigenvalue weighted by molar-refractivity contribution is 7.98. The van der Waals surface area contributed by atoms with Crippen molar-refractivity contribution in [2.45, 2.75) is 17.3 Å². The van der Waals surface area contributed by atoms with Crippen molar-refractivity contribution in [2.24, 2.45) is 7.05 Å². The van der Waals surface area contributed by atoms with Gasteiger partial charge in [0, 0.05) is 24.6 Å². The molecule has 0 saturated heterocycles. The molecule has 0 atom stereocenters. The Hall–Kier alpha value is -2.22. The van der Waals surface area contributed by atoms with Crippen LogP contribution in [-0.2, 0) is 24.0 Å². The molecule has 0 aliphatic rings. The molecule has 0 radical (unpaired) electrons. The number of ether oxygens (including phenoxy) is 1. The Labute approximate surface area is 177 Å². The fraction of sp³-hybridized carbons (Fsp3) is 0.211. The molecule has 1 amide bonds. The summed E-state index contributed by atoms with van der Waals surface area (Å²) in [5, 5.41) is 12.9. The van der Waals surface area contributed by atoms with Crippen molar-refractivity contribution >= 4 is 46.6 Å². The van der Waals surface area contributed by atoms with Gasteiger partial charge in [-0.25, -0.2) is 0 Å². The van der Waals surface area contributed by atoms with Gasteiger partial charge in [-0.2, -0.15) is 0 Å². The number of hydrogen-bond acceptors (Lipinski definition) is 5. The Morgan fingerprint density at radius 2 is 2.00 bits per heavy atom. The third-order valence-electron chi connectivity index (χ3n) is 3.95. The molecular formula is C19H18Cl2N4O2S. The van der Waals surface area contributed by atoms with E-state index in [2.05, 4.69) is 15.5 Å². The molecule has 1 heterocycles. The van der Waals surface area contributed by atoms with Crippen LogP contribution in [0, 0.1) is 0 Å². The number of methoxy groups -OCH3 is 1. The van der Waals surface area contributed by atoms with Gasteiger partial charge in [0.1, 0.15) is 11.6 Å². The van der Waals surface area contributed by atoms with E-state index in [0.29, 0.717) is 33.1 Å². The lowest BCUT2D eigenvalue weighted by molar-refractivity contribution is -0.115. The molecule has 0 spiro atoms. The molecule has 1 aromatic heterocycles. The standard InChI is InChI=1S/C19H18Cl2N4O2S/c1-25-17(10-18(26)22-13-4-3-5-14(9-13)27-2)23-24-19(25)28-11-12-6-7-15(20)16(21)8-12/h3-9H,10-11H2,1-2H3,(H,22,26). The van der Waals surface area contributed by atoms with Crippen molar-refractivity contribution in [1.82, 2.24) is 14.8 Å². The first-order valence-electron chi connectivity index (χ1n) is 8.35. The second-order valence-electron chi connectivity index (χ2n) is 5.95. The van der Waals surface area contributed by atoms with E-state index in [1.807, 2.05) is 35.9 Å². The van der Waals surface area contributed by atoms with Crippen LogP contribution in [0.4, 0.5) is 5.69 Å². The van der Waals surface area contributed by atoms with E-state index < -0.39 is 0 Å². The number of nitrogens with one attached hydrogen (secondary N) is 1. The zero-order valence-electron chi connectivity index (χ0n) is 15.3. The Bertz CT molecular complexity index is 994. The van der Waals surface area contributed by atoms with Gasteiger partial charge in [-0.15, -0.1) is 10.2 Å². The monoisotopic (exact) mass is 436 g/mol. The van der Waals surface area contributed by atoms with E-state index in [0.717, 1.165) is 10.7 Å². The lowest BCUT2D eigenvalue weighted by Gasteiger charge is -2.07. The highest BCUT2D eigenvalue weighted by Crippen LogP contribution is 2.27. The molecule has 2 aromatic carbocycles. The number of nitrogens with zero attached hydrogens (tertiary/aromatic N) is 3. The Kier molecular flexibility index (Phi) is 6.83. The average Bonchev–Trinajstić information content (AvgIpc) is 3.02. The lowest BCUT2D eigenvalue weighted by atomic mass is 10.2. The minimum Gasteiger partial charge on any atom is -0.497 e. The number of benzene rings is 2. The van der Waals surface area contributed by atoms with Crippen molar-refractivity contribution in [3.63, 3.8) is 0 Å². The van der Waals surface area contributed by atoms with Gasteiger partial charge in [-0.1, -0.05) is 47.1 Å². The number of amides is 1. The molecule has 0 saturated carbocycles. The number of aromatic nitrogens is 3. The first-order chi connectivity index (χ1) is 13.5. The molecule has 3 rings (SSSR count). The van der Waals surface area contributed by atoms with Crippen LogP contribution in [-0.4, -0.2) is 27.8 Å². The summed E-state index contributed by atoms with van der Waals surface area (Å²) in [6, 6.07) is 12.7. The molecular weight excluding hydrogens is 419 g/mol. The fourth-order valence-electron chi connectivity index (χ4n) is 2.45. The summed E-state index contributed by atoms with van der Waals surface area (Å²) in [6.45, 7) is 0. The van der Waals surface area contributed by atoms with Crippen LogP contribution >= 0.6 is 35.0 Å². The largest absolute Gasteiger partial charge is 0.497 e. The van der Waals surface area contributed by atoms with Gasteiger partial charge < -0.3 is 14.6 Å². The maximum Gasteiger partial charge on any atom is 0.232 e. The summed E-state index contributed by atoms with van der Waals surface area (Å²) in [4.78, 5) is 12.3. The van der Waals surface area contributed by atoms with Gasteiger partial charge in [-0.3, -0.25) is 4.79 Å². The maximum atomic E-state index is 12.3. The topological polar surface area (TPSA) is 69.0 Å². The van der Waals surface area contributed by atoms with E-state index in [9.17, 15) is 4.79 Å². The van der Waals surface area contributed by atoms with Gasteiger partial charge in [0.25, 0.3) is 0 Å². The summed E-state index contributed by atoms with van der Waals surface area (Å²) in [7, 11) is 3.42. The van der Waals surface area contributed by atoms with Gasteiger partial charge >= 0.3 is 0 Å². The molecule has 146 valence electrons. The number of hydrogen-bond donors (Lipinski definition) is 1. The number of anilines is 1. The van der Waals surface area contributed by atoms with Crippen molar-refractivity contribution in [3.8, 4) is 5.75 Å². The Balaban J connectivity index is 1.60. The second-order valence-corrected chi connectivity index (χ2v) is 7.71. The summed E-state index contributed by atoms with van der Waals surface area (Å²) in [5.41, 5.74) is 1.69. The zero-order valence-corrected chi connectivity index (χ0v) is 17.6. The van der Waals surface area contributed by atoms with E-state index in [4.69, 9.17) is 27.9 Å². The molecule has 28 heavy (non-hydrogen) atoms. The van der Waals surface area contributed by atoms with E-state index in [-0.39, 0.29) is 12.3 Å². The summed E-state index contributed by atoms with van der Waals surface area (Å²) in [5.74, 6) is 1.75. The van der Waals surface area contributed by atoms with Crippen LogP contribution in [0.2, 0.25) is 10.0 Å². The first-order valence-corrected chi connectivity index (χ1v) is 10.1. The van der Waals surface area contributed by atoms with Gasteiger partial charge in [0.05, 0.1) is 23.6 Å². The third kappa shape index (κ3) is 5.19. The van der Waals surface area contributed by atoms with E-state index >= 15 is 0 Å². The van der Waals surface area contributed by atoms with Crippen LogP contribution < -0.4 is 10.1 Å². The predicted octanol–water partition coefficient (Wildman–Crippen LogP) is 4.60. The van der Waals surface area contributed by atoms with E-state index in [1.165, 1.54) is 11.8 Å². The minimum atomic E-state index is -0.176. The number of carbonyl (C=O) groups is 1. The highest BCUT2D eigenvalue weighted by Gasteiger charge is 2.14. The van der Waals surface area contributed by atoms with Crippen molar-refractivity contribution in [1.29, 1.82) is 0 Å². The van der Waals surface area contributed by atoms with Crippen LogP contribution in [0.5, 0.6) is 5.75 Å². The molecule has 6 nitrogen and oxygen atoms in total. The Morgan fingerprint density at radius 3 is 2.75 bits per heavy atom. The third-order valence-corrected chi connectivity index (χ3v) is 5.78. The van der Waals surface area contributed by atoms with Crippen LogP contribution in [0.25, 0.3) is 0 Å². The van der Waals surface area contributed by atoms with Crippen LogP contribution in [0.15, 0.2) is 47.6 Å². The number of carbonyl (C=O) groups excluding carboxylic acids is 1. The summed E-state index contributed by atoms with van der Waals surface area (Å²) in [6.07, 6.45) is 0.119. The molecule has 3 aromatic rings. The van der Waals surface area contributed by atoms with Crippen molar-refractivity contribution < 1.29 is 9.53 Å². The average molecular weight is 437 g/mol. The molecule has 0 bridgehead atoms. The molecule has 0 aliphatic carbocycles. The number of thioether (sulfide) groups is 1. The normalized spacial score (nSPS) is 10.7. The van der Waals surface area contributed by atoms with Crippen molar-refractivity contribution in [2.75, 3.05) is 12.4 Å². The van der Waals surface area contributed by atoms with Crippen LogP contribution in [0.1, 0.15) is 11.4 Å². The zero-order chi connectivity index (χ0) is 20.1. The van der Waals surface area contributed by atoms with Gasteiger partial charge in [0.15, 0.2) is 5.16 Å². The predicted molar refractivity (Wildman–Crippen MR) is 112 cm³/mol. The van der Waals surface area contributed by atoms with Crippen molar-refractivity contribution in [3.05, 3.63) is 63.9 Å². The molecule has 0 unspecified atom stereocenters. The van der Waals surface area contributed by atoms with Gasteiger partial charge in [-0.05, 0) is 29.8 Å². The minimum absolute atomic E-state index is 0.119. The number of halogens is 2.